The molecule has 21 aliphatic heterocycles. The lowest BCUT2D eigenvalue weighted by molar-refractivity contribution is -0.368. The van der Waals surface area contributed by atoms with Gasteiger partial charge in [0.2, 0.25) is 0 Å². The van der Waals surface area contributed by atoms with E-state index >= 15 is 0 Å². The minimum Gasteiger partial charge on any atom is -0.462 e. The van der Waals surface area contributed by atoms with Crippen LogP contribution in [0.25, 0.3) is 0 Å². The molecule has 0 saturated carbocycles. The topological polar surface area (TPSA) is 237 Å². The van der Waals surface area contributed by atoms with Gasteiger partial charge in [-0.2, -0.15) is 0 Å². The monoisotopic (exact) mass is 1620 g/mol. The zero-order chi connectivity index (χ0) is 81.3. The second-order valence-electron chi connectivity index (χ2n) is 33.0. The molecule has 24 nitrogen and oxygen atoms in total. The van der Waals surface area contributed by atoms with Crippen LogP contribution < -0.4 is 0 Å². The molecule has 0 aliphatic carbocycles. The summed E-state index contributed by atoms with van der Waals surface area (Å²) >= 11 is 0. The van der Waals surface area contributed by atoms with E-state index in [9.17, 15) is 9.59 Å². The van der Waals surface area contributed by atoms with Crippen molar-refractivity contribution in [3.8, 4) is 0 Å². The van der Waals surface area contributed by atoms with E-state index in [0.29, 0.717) is 49.3 Å². The quantitative estimate of drug-likeness (QED) is 0.0400. The summed E-state index contributed by atoms with van der Waals surface area (Å²) in [5.74, 6) is 0.636. The molecule has 21 saturated heterocycles. The van der Waals surface area contributed by atoms with Gasteiger partial charge in [-0.3, -0.25) is 0 Å². The minimum atomic E-state index is -2.53. The SMILES string of the molecule is C.C.C=C(C)C(=O)OCCC[Si](OC)(OC)OC.C=C(C)C(=O)OCCC[Si](OC)(OC)OC.CCC1O[C@@H]2O[C@@H]3C(CC)O[C@@H](O[C@@H]4C(CC)O[C@H](O[C@@H]5C(CC)O[C@@H](O[C@@H]6C(CC)O[C@@H](O[C@@H]7C(CC)O[C@@H](O[C@@H]8C(CC)O[C@H](O[C@H]1[C@H](C)C2C)C(C)[C@H]8C)C(C)[C@H]7C)C(C)[C@H]6C)C(C)[C@H]5C)C(C)[C@H]4C)C(C)[C@H]3C.[HH]. The fraction of sp³-hybridized carbons (Fsp3) is 0.929. The number of hydrogen-bond acceptors (Lipinski definition) is 24. The Hall–Kier alpha value is -1.95. The van der Waals surface area contributed by atoms with Crippen molar-refractivity contribution in [1.29, 1.82) is 0 Å². The summed E-state index contributed by atoms with van der Waals surface area (Å²) in [5, 5.41) is 0. The second-order valence-corrected chi connectivity index (χ2v) is 39.2. The van der Waals surface area contributed by atoms with Crippen LogP contribution in [0.4, 0.5) is 0 Å². The van der Waals surface area contributed by atoms with Gasteiger partial charge < -0.3 is 102 Å². The first-order chi connectivity index (χ1) is 51.7. The van der Waals surface area contributed by atoms with Gasteiger partial charge >= 0.3 is 29.5 Å². The summed E-state index contributed by atoms with van der Waals surface area (Å²) in [6, 6.07) is 1.22. The van der Waals surface area contributed by atoms with Crippen LogP contribution in [-0.4, -0.2) is 215 Å². The van der Waals surface area contributed by atoms with E-state index in [1.165, 1.54) is 0 Å². The number of carbonyl (C=O) groups excluding carboxylic acids is 2. The van der Waals surface area contributed by atoms with Crippen LogP contribution in [-0.2, 0) is 112 Å². The lowest BCUT2D eigenvalue weighted by atomic mass is 9.80. The van der Waals surface area contributed by atoms with Gasteiger partial charge in [0, 0.05) is 109 Å². The van der Waals surface area contributed by atoms with E-state index in [1.807, 2.05) is 0 Å². The Morgan fingerprint density at radius 3 is 0.541 bits per heavy atom. The summed E-state index contributed by atoms with van der Waals surface area (Å²) in [6.07, 6.45) is 1.46. The van der Waals surface area contributed by atoms with Gasteiger partial charge in [0.15, 0.2) is 44.0 Å². The lowest BCUT2D eigenvalue weighted by Crippen LogP contribution is -2.60. The van der Waals surface area contributed by atoms with Crippen molar-refractivity contribution in [2.24, 2.45) is 82.9 Å². The third-order valence-electron chi connectivity index (χ3n) is 26.3. The predicted molar refractivity (Wildman–Crippen MR) is 435 cm³/mol. The Bertz CT molecular complexity index is 2270. The van der Waals surface area contributed by atoms with Gasteiger partial charge in [-0.25, -0.2) is 9.59 Å². The molecule has 0 amide bonds. The molecule has 0 aromatic heterocycles. The van der Waals surface area contributed by atoms with Crippen molar-refractivity contribution < 1.29 is 113 Å². The molecule has 654 valence electrons. The first-order valence-corrected chi connectivity index (χ1v) is 45.7. The van der Waals surface area contributed by atoms with Crippen molar-refractivity contribution in [3.63, 3.8) is 0 Å². The highest BCUT2D eigenvalue weighted by atomic mass is 28.4. The standard InChI is InChI=1S/C63H112O14.2C10H20O5Si.2CH4.H2/c1-22-43-50-29(8)36(15)57(64-43)72-51-31(10)38(17)59(66-44(51)23-2)74-53-33(12)40(19)61(68-46(53)25-4)76-55-35(14)42(21)63(70-48(55)27-6)77-56-34(13)41(20)62(69-49(56)28-7)75-54-32(11)39(18)60(67-47(54)26-5)73-52-30(9)37(16)58(71-50)65-45(52)24-3;2*1-9(2)10(11)15-7-6-8-16(12-3,13-4)14-5;;;/h29-63H,22-28H2,1-21H3;2*1,6-8H2,2-5H3;2*1H4;1H/t29-,30-,31-,32-,33-,34-,35-,36?,37?,38?,39?,40?,41?,42?,43?,44?,45?,46?,47?,48?,49?,50+,51+,52+,53+,54+,55+,56+,57-,58-,59+,60+,61-,62+,63+;;;;;/m1...../s1. The fourth-order valence-electron chi connectivity index (χ4n) is 17.0. The highest BCUT2D eigenvalue weighted by Crippen LogP contribution is 2.49. The molecule has 21 fully saturated rings. The van der Waals surface area contributed by atoms with Crippen LogP contribution in [0.5, 0.6) is 0 Å². The van der Waals surface area contributed by atoms with Crippen molar-refractivity contribution >= 4 is 29.5 Å². The van der Waals surface area contributed by atoms with Gasteiger partial charge in [0.05, 0.1) is 98.7 Å². The molecule has 21 aliphatic rings. The molecule has 35 atom stereocenters. The molecule has 14 unspecified atom stereocenters. The number of ether oxygens (including phenoxy) is 16. The van der Waals surface area contributed by atoms with Gasteiger partial charge in [-0.1, -0.05) is 173 Å². The highest BCUT2D eigenvalue weighted by Gasteiger charge is 2.56. The molecule has 26 heteroatoms. The molecule has 14 bridgehead atoms. The normalized spacial score (nSPS) is 41.6. The second kappa shape index (κ2) is 47.2. The zero-order valence-electron chi connectivity index (χ0n) is 72.6. The fourth-order valence-corrected chi connectivity index (χ4v) is 20.4. The Balaban J connectivity index is 0.000000773. The van der Waals surface area contributed by atoms with Crippen LogP contribution in [0.15, 0.2) is 24.3 Å². The van der Waals surface area contributed by atoms with Crippen molar-refractivity contribution in [1.82, 2.24) is 0 Å². The molecule has 0 N–H and O–H groups in total. The van der Waals surface area contributed by atoms with Gasteiger partial charge in [0.1, 0.15) is 0 Å². The van der Waals surface area contributed by atoms with E-state index in [4.69, 9.17) is 102 Å². The van der Waals surface area contributed by atoms with Crippen LogP contribution in [0, 0.1) is 82.9 Å². The Morgan fingerprint density at radius 2 is 0.423 bits per heavy atom. The Morgan fingerprint density at radius 1 is 0.279 bits per heavy atom. The maximum atomic E-state index is 11.1. The van der Waals surface area contributed by atoms with Crippen LogP contribution in [0.3, 0.4) is 0 Å². The molecule has 0 aromatic carbocycles. The van der Waals surface area contributed by atoms with Crippen molar-refractivity contribution in [3.05, 3.63) is 24.3 Å². The van der Waals surface area contributed by atoms with E-state index in [-0.39, 0.29) is 197 Å². The minimum absolute atomic E-state index is 0. The van der Waals surface area contributed by atoms with Crippen molar-refractivity contribution in [2.75, 3.05) is 55.9 Å². The van der Waals surface area contributed by atoms with E-state index in [1.54, 1.807) is 56.5 Å². The molecule has 111 heavy (non-hydrogen) atoms. The van der Waals surface area contributed by atoms with E-state index in [2.05, 4.69) is 159 Å². The van der Waals surface area contributed by atoms with E-state index in [0.717, 1.165) is 44.9 Å². The highest BCUT2D eigenvalue weighted by molar-refractivity contribution is 6.60. The van der Waals surface area contributed by atoms with Crippen LogP contribution in [0.1, 0.15) is 233 Å². The molecule has 21 rings (SSSR count). The van der Waals surface area contributed by atoms with Crippen LogP contribution >= 0.6 is 0 Å². The first kappa shape index (κ1) is 101. The largest absolute Gasteiger partial charge is 0.500 e. The number of rotatable bonds is 23. The summed E-state index contributed by atoms with van der Waals surface area (Å²) in [4.78, 5) is 22.1. The summed E-state index contributed by atoms with van der Waals surface area (Å²) in [7, 11) is 4.27. The molecular weight excluding hydrogens is 1460 g/mol. The maximum Gasteiger partial charge on any atom is 0.500 e. The number of carbonyl (C=O) groups is 2. The molecular formula is C85H162O24Si2. The summed E-state index contributed by atoms with van der Waals surface area (Å²) in [6.45, 7) is 58.0. The molecule has 21 heterocycles. The zero-order valence-corrected chi connectivity index (χ0v) is 74.6. The third-order valence-corrected chi connectivity index (χ3v) is 32.0. The smallest absolute Gasteiger partial charge is 0.462 e. The molecule has 0 spiro atoms. The summed E-state index contributed by atoms with van der Waals surface area (Å²) in [5.41, 5.74) is 0.794. The number of hydrogen-bond donors (Lipinski definition) is 0. The maximum absolute atomic E-state index is 11.1. The van der Waals surface area contributed by atoms with E-state index < -0.39 is 61.6 Å². The third kappa shape index (κ3) is 24.6. The Kier molecular flexibility index (Phi) is 43.1. The van der Waals surface area contributed by atoms with Gasteiger partial charge in [0.25, 0.3) is 0 Å². The first-order valence-electron chi connectivity index (χ1n) is 41.8. The van der Waals surface area contributed by atoms with Gasteiger partial charge in [-0.15, -0.1) is 0 Å². The summed E-state index contributed by atoms with van der Waals surface area (Å²) < 4.78 is 141. The lowest BCUT2D eigenvalue weighted by Gasteiger charge is -2.52. The average molecular weight is 1620 g/mol. The average Bonchev–Trinajstić information content (AvgIpc) is 0.778. The Labute approximate surface area is 676 Å². The molecule has 0 aromatic rings. The molecule has 0 radical (unpaired) electrons. The van der Waals surface area contributed by atoms with Crippen LogP contribution in [0.2, 0.25) is 12.1 Å². The van der Waals surface area contributed by atoms with Gasteiger partial charge in [-0.05, 0) is 113 Å². The number of esters is 2. The predicted octanol–water partition coefficient (Wildman–Crippen LogP) is 16.8. The van der Waals surface area contributed by atoms with Crippen molar-refractivity contribution in [2.45, 2.75) is 373 Å².